The summed E-state index contributed by atoms with van der Waals surface area (Å²) in [5.41, 5.74) is 1.52. The van der Waals surface area contributed by atoms with Gasteiger partial charge in [0.05, 0.1) is 11.3 Å². The van der Waals surface area contributed by atoms with Gasteiger partial charge in [0, 0.05) is 17.4 Å². The summed E-state index contributed by atoms with van der Waals surface area (Å²) in [6, 6.07) is 9.41. The molecule has 4 rings (SSSR count). The molecule has 2 heterocycles. The zero-order chi connectivity index (χ0) is 23.7. The van der Waals surface area contributed by atoms with E-state index in [1.807, 2.05) is 18.4 Å². The summed E-state index contributed by atoms with van der Waals surface area (Å²) in [4.78, 5) is 25.2. The van der Waals surface area contributed by atoms with Gasteiger partial charge in [-0.3, -0.25) is 9.36 Å². The Balaban J connectivity index is 1.50. The first-order chi connectivity index (χ1) is 15.7. The first kappa shape index (κ1) is 22.0. The van der Waals surface area contributed by atoms with Gasteiger partial charge in [-0.15, -0.1) is 0 Å². The molecule has 2 aromatic carbocycles. The number of aromatic nitrogens is 4. The van der Waals surface area contributed by atoms with Gasteiger partial charge in [0.25, 0.3) is 5.91 Å². The number of nitrogens with zero attached hydrogens (tertiary/aromatic N) is 4. The van der Waals surface area contributed by atoms with Crippen molar-refractivity contribution in [2.75, 3.05) is 5.32 Å². The van der Waals surface area contributed by atoms with Crippen LogP contribution in [0.2, 0.25) is 0 Å². The number of hydrogen-bond donors (Lipinski definition) is 1. The van der Waals surface area contributed by atoms with Gasteiger partial charge in [-0.25, -0.2) is 23.1 Å². The molecule has 4 aromatic rings. The van der Waals surface area contributed by atoms with E-state index in [0.717, 1.165) is 17.5 Å². The highest BCUT2D eigenvalue weighted by Gasteiger charge is 2.19. The van der Waals surface area contributed by atoms with Crippen LogP contribution in [0, 0.1) is 38.2 Å². The predicted octanol–water partition coefficient (Wildman–Crippen LogP) is 5.05. The van der Waals surface area contributed by atoms with Crippen LogP contribution in [0.4, 0.5) is 18.9 Å². The zero-order valence-electron chi connectivity index (χ0n) is 17.9. The van der Waals surface area contributed by atoms with Crippen LogP contribution in [0.15, 0.2) is 48.8 Å². The van der Waals surface area contributed by atoms with Gasteiger partial charge in [0.2, 0.25) is 5.88 Å². The number of aryl methyl sites for hydroxylation is 2. The van der Waals surface area contributed by atoms with Gasteiger partial charge in [0.15, 0.2) is 17.5 Å². The third kappa shape index (κ3) is 4.54. The van der Waals surface area contributed by atoms with Crippen LogP contribution < -0.4 is 10.1 Å². The van der Waals surface area contributed by atoms with Crippen molar-refractivity contribution >= 4 is 11.6 Å². The van der Waals surface area contributed by atoms with Gasteiger partial charge in [-0.05, 0) is 57.2 Å². The van der Waals surface area contributed by atoms with Gasteiger partial charge < -0.3 is 10.1 Å². The topological polar surface area (TPSA) is 81.9 Å². The molecule has 0 radical (unpaired) electrons. The first-order valence-corrected chi connectivity index (χ1v) is 9.82. The van der Waals surface area contributed by atoms with Crippen LogP contribution in [0.1, 0.15) is 27.6 Å². The Morgan fingerprint density at radius 2 is 1.70 bits per heavy atom. The fourth-order valence-corrected chi connectivity index (χ4v) is 3.06. The molecule has 7 nitrogen and oxygen atoms in total. The largest absolute Gasteiger partial charge is 0.439 e. The predicted molar refractivity (Wildman–Crippen MR) is 114 cm³/mol. The highest BCUT2D eigenvalue weighted by atomic mass is 19.2. The van der Waals surface area contributed by atoms with Crippen molar-refractivity contribution in [2.24, 2.45) is 0 Å². The number of hydrogen-bond acceptors (Lipinski definition) is 5. The average Bonchev–Trinajstić information content (AvgIpc) is 3.11. The maximum absolute atomic E-state index is 13.8. The van der Waals surface area contributed by atoms with Crippen LogP contribution in [0.25, 0.3) is 5.82 Å². The molecule has 0 aliphatic rings. The SMILES string of the molecule is Cc1nc(Oc2ccc(NC(=O)c3ccc(F)c(F)c3F)cc2)cc(-n2cnc(C)c2C)n1. The second kappa shape index (κ2) is 8.73. The lowest BCUT2D eigenvalue weighted by Gasteiger charge is -2.11. The molecule has 0 saturated heterocycles. The van der Waals surface area contributed by atoms with E-state index in [1.165, 1.54) is 12.1 Å². The maximum atomic E-state index is 13.8. The molecule has 10 heteroatoms. The molecule has 0 spiro atoms. The van der Waals surface area contributed by atoms with Crippen molar-refractivity contribution in [3.63, 3.8) is 0 Å². The van der Waals surface area contributed by atoms with E-state index in [4.69, 9.17) is 4.74 Å². The van der Waals surface area contributed by atoms with E-state index in [2.05, 4.69) is 20.3 Å². The maximum Gasteiger partial charge on any atom is 0.258 e. The molecule has 1 N–H and O–H groups in total. The number of imidazole rings is 1. The Labute approximate surface area is 186 Å². The van der Waals surface area contributed by atoms with Crippen molar-refractivity contribution in [1.82, 2.24) is 19.5 Å². The van der Waals surface area contributed by atoms with Crippen LogP contribution in [0.5, 0.6) is 11.6 Å². The number of rotatable bonds is 5. The number of carbonyl (C=O) groups is 1. The molecule has 2 aromatic heterocycles. The van der Waals surface area contributed by atoms with E-state index in [1.54, 1.807) is 31.5 Å². The molecule has 0 aliphatic carbocycles. The molecule has 0 bridgehead atoms. The van der Waals surface area contributed by atoms with Crippen molar-refractivity contribution in [1.29, 1.82) is 0 Å². The third-order valence-electron chi connectivity index (χ3n) is 4.91. The van der Waals surface area contributed by atoms with Crippen LogP contribution in [-0.4, -0.2) is 25.4 Å². The van der Waals surface area contributed by atoms with E-state index in [9.17, 15) is 18.0 Å². The van der Waals surface area contributed by atoms with Crippen LogP contribution >= 0.6 is 0 Å². The molecular formula is C23H18F3N5O2. The minimum atomic E-state index is -1.70. The zero-order valence-corrected chi connectivity index (χ0v) is 17.9. The summed E-state index contributed by atoms with van der Waals surface area (Å²) in [6.07, 6.45) is 1.67. The summed E-state index contributed by atoms with van der Waals surface area (Å²) in [6.45, 7) is 5.57. The van der Waals surface area contributed by atoms with Gasteiger partial charge in [0.1, 0.15) is 23.7 Å². The van der Waals surface area contributed by atoms with E-state index < -0.39 is 28.9 Å². The number of anilines is 1. The fraction of sp³-hybridized carbons (Fsp3) is 0.130. The van der Waals surface area contributed by atoms with E-state index in [-0.39, 0.29) is 0 Å². The Bertz CT molecular complexity index is 1350. The Morgan fingerprint density at radius 1 is 0.970 bits per heavy atom. The van der Waals surface area contributed by atoms with E-state index >= 15 is 0 Å². The summed E-state index contributed by atoms with van der Waals surface area (Å²) in [7, 11) is 0. The van der Waals surface area contributed by atoms with Crippen molar-refractivity contribution in [3.8, 4) is 17.4 Å². The summed E-state index contributed by atoms with van der Waals surface area (Å²) < 4.78 is 47.9. The van der Waals surface area contributed by atoms with Crippen molar-refractivity contribution in [2.45, 2.75) is 20.8 Å². The molecule has 33 heavy (non-hydrogen) atoms. The number of nitrogens with one attached hydrogen (secondary N) is 1. The third-order valence-corrected chi connectivity index (χ3v) is 4.91. The summed E-state index contributed by atoms with van der Waals surface area (Å²) >= 11 is 0. The number of benzene rings is 2. The van der Waals surface area contributed by atoms with Crippen LogP contribution in [-0.2, 0) is 0 Å². The second-order valence-electron chi connectivity index (χ2n) is 7.20. The van der Waals surface area contributed by atoms with Crippen molar-refractivity contribution in [3.05, 3.63) is 89.0 Å². The standard InChI is InChI=1S/C23H18F3N5O2/c1-12-13(2)31(11-27-12)19-10-20(29-14(3)28-19)33-16-6-4-15(5-7-16)30-23(32)17-8-9-18(24)22(26)21(17)25/h4-11H,1-3H3,(H,30,32). The number of amides is 1. The molecule has 0 unspecified atom stereocenters. The second-order valence-corrected chi connectivity index (χ2v) is 7.20. The minimum Gasteiger partial charge on any atom is -0.439 e. The molecule has 0 atom stereocenters. The number of halogens is 3. The van der Waals surface area contributed by atoms with E-state index in [0.29, 0.717) is 35.0 Å². The normalized spacial score (nSPS) is 10.8. The molecule has 1 amide bonds. The first-order valence-electron chi connectivity index (χ1n) is 9.82. The average molecular weight is 453 g/mol. The lowest BCUT2D eigenvalue weighted by atomic mass is 10.1. The summed E-state index contributed by atoms with van der Waals surface area (Å²) in [5.74, 6) is -3.69. The molecule has 168 valence electrons. The fourth-order valence-electron chi connectivity index (χ4n) is 3.06. The molecular weight excluding hydrogens is 435 g/mol. The lowest BCUT2D eigenvalue weighted by Crippen LogP contribution is -2.15. The van der Waals surface area contributed by atoms with Gasteiger partial charge in [-0.1, -0.05) is 0 Å². The quantitative estimate of drug-likeness (QED) is 0.428. The van der Waals surface area contributed by atoms with Gasteiger partial charge >= 0.3 is 0 Å². The highest BCUT2D eigenvalue weighted by molar-refractivity contribution is 6.04. The minimum absolute atomic E-state index is 0.306. The summed E-state index contributed by atoms with van der Waals surface area (Å²) in [5, 5.41) is 2.43. The Hall–Kier alpha value is -4.21. The smallest absolute Gasteiger partial charge is 0.258 e. The monoisotopic (exact) mass is 453 g/mol. The number of ether oxygens (including phenoxy) is 1. The van der Waals surface area contributed by atoms with Crippen molar-refractivity contribution < 1.29 is 22.7 Å². The Kier molecular flexibility index (Phi) is 5.82. The van der Waals surface area contributed by atoms with Gasteiger partial charge in [-0.2, -0.15) is 4.98 Å². The number of carbonyl (C=O) groups excluding carboxylic acids is 1. The highest BCUT2D eigenvalue weighted by Crippen LogP contribution is 2.24. The van der Waals surface area contributed by atoms with Crippen LogP contribution in [0.3, 0.4) is 0 Å². The molecule has 0 saturated carbocycles. The molecule has 0 aliphatic heterocycles. The Morgan fingerprint density at radius 3 is 2.36 bits per heavy atom. The lowest BCUT2D eigenvalue weighted by molar-refractivity contribution is 0.102. The molecule has 0 fully saturated rings.